The van der Waals surface area contributed by atoms with Gasteiger partial charge < -0.3 is 20.9 Å². The highest BCUT2D eigenvalue weighted by Crippen LogP contribution is 2.40. The predicted molar refractivity (Wildman–Crippen MR) is 117 cm³/mol. The number of rotatable bonds is 2. The number of nitrogens with zero attached hydrogens (tertiary/aromatic N) is 2. The van der Waals surface area contributed by atoms with Gasteiger partial charge in [-0.25, -0.2) is 4.79 Å². The molecule has 1 aromatic rings. The molecule has 2 fully saturated rings. The van der Waals surface area contributed by atoms with Gasteiger partial charge in [0, 0.05) is 43.0 Å². The number of aliphatic hydroxyl groups is 1. The van der Waals surface area contributed by atoms with Crippen LogP contribution in [-0.4, -0.2) is 59.2 Å². The van der Waals surface area contributed by atoms with Gasteiger partial charge in [0.05, 0.1) is 11.7 Å². The number of likely N-dealkylation sites (tertiary alicyclic amines) is 1. The molecule has 1 saturated heterocycles. The largest absolute Gasteiger partial charge is 0.444 e. The molecule has 0 aromatic heterocycles. The Morgan fingerprint density at radius 1 is 1.23 bits per heavy atom. The summed E-state index contributed by atoms with van der Waals surface area (Å²) >= 11 is 0. The number of carbonyl (C=O) groups excluding carboxylic acids is 1. The number of hydrogen-bond donors (Lipinski definition) is 3. The van der Waals surface area contributed by atoms with Gasteiger partial charge in [0.2, 0.25) is 0 Å². The van der Waals surface area contributed by atoms with E-state index in [4.69, 9.17) is 15.5 Å². The van der Waals surface area contributed by atoms with Crippen molar-refractivity contribution in [3.63, 3.8) is 0 Å². The van der Waals surface area contributed by atoms with Crippen molar-refractivity contribution >= 4 is 17.5 Å². The van der Waals surface area contributed by atoms with Gasteiger partial charge in [0.15, 0.2) is 0 Å². The number of ether oxygens (including phenoxy) is 1. The van der Waals surface area contributed by atoms with Crippen molar-refractivity contribution in [2.75, 3.05) is 19.6 Å². The lowest BCUT2D eigenvalue weighted by molar-refractivity contribution is 0.0191. The normalized spacial score (nSPS) is 26.4. The molecule has 2 atom stereocenters. The topological polar surface area (TPSA) is 100 Å². The number of carbonyl (C=O) groups is 1. The highest BCUT2D eigenvalue weighted by molar-refractivity contribution is 6.05. The highest BCUT2D eigenvalue weighted by atomic mass is 16.6. The molecule has 4 N–H and O–H groups in total. The summed E-state index contributed by atoms with van der Waals surface area (Å²) in [6.45, 7) is 6.89. The molecule has 7 nitrogen and oxygen atoms in total. The Morgan fingerprint density at radius 2 is 1.93 bits per heavy atom. The zero-order valence-corrected chi connectivity index (χ0v) is 18.0. The van der Waals surface area contributed by atoms with Gasteiger partial charge in [-0.2, -0.15) is 0 Å². The van der Waals surface area contributed by atoms with Crippen LogP contribution in [0.25, 0.3) is 0 Å². The van der Waals surface area contributed by atoms with Crippen molar-refractivity contribution in [2.24, 2.45) is 10.7 Å². The lowest BCUT2D eigenvalue weighted by Gasteiger charge is -2.39. The number of fused-ring (bicyclic) bond motifs is 1. The number of aliphatic hydroxyl groups excluding tert-OH is 1. The molecule has 3 aliphatic rings. The molecule has 2 heterocycles. The van der Waals surface area contributed by atoms with E-state index >= 15 is 0 Å². The number of piperidine rings is 1. The van der Waals surface area contributed by atoms with Gasteiger partial charge >= 0.3 is 6.09 Å². The van der Waals surface area contributed by atoms with Gasteiger partial charge in [0.25, 0.3) is 0 Å². The second-order valence-corrected chi connectivity index (χ2v) is 9.41. The fourth-order valence-corrected chi connectivity index (χ4v) is 4.13. The molecular formula is C23H32N4O3. The quantitative estimate of drug-likeness (QED) is 0.694. The molecule has 1 aliphatic carbocycles. The van der Waals surface area contributed by atoms with Crippen LogP contribution in [0.1, 0.15) is 51.5 Å². The van der Waals surface area contributed by atoms with Gasteiger partial charge in [0.1, 0.15) is 11.7 Å². The van der Waals surface area contributed by atoms with Crippen LogP contribution in [0.15, 0.2) is 40.5 Å². The van der Waals surface area contributed by atoms with Gasteiger partial charge in [-0.05, 0) is 57.2 Å². The minimum atomic E-state index is -0.814. The first-order chi connectivity index (χ1) is 14.2. The zero-order valence-electron chi connectivity index (χ0n) is 18.0. The van der Waals surface area contributed by atoms with Crippen LogP contribution in [0, 0.1) is 0 Å². The summed E-state index contributed by atoms with van der Waals surface area (Å²) in [6.07, 6.45) is 1.91. The average Bonchev–Trinajstić information content (AvgIpc) is 3.52. The Kier molecular flexibility index (Phi) is 5.59. The summed E-state index contributed by atoms with van der Waals surface area (Å²) in [5.74, 6) is 0.703. The number of hydrogen-bond acceptors (Lipinski definition) is 6. The number of nitrogens with two attached hydrogens (primary N) is 1. The minimum absolute atomic E-state index is 0.324. The second kappa shape index (κ2) is 8.04. The highest BCUT2D eigenvalue weighted by Gasteiger charge is 2.39. The Morgan fingerprint density at radius 3 is 2.57 bits per heavy atom. The van der Waals surface area contributed by atoms with E-state index in [1.54, 1.807) is 4.90 Å². The van der Waals surface area contributed by atoms with Gasteiger partial charge in [-0.3, -0.25) is 9.89 Å². The van der Waals surface area contributed by atoms with Crippen molar-refractivity contribution in [2.45, 2.75) is 63.7 Å². The second-order valence-electron chi connectivity index (χ2n) is 9.41. The molecule has 1 saturated carbocycles. The fraction of sp³-hybridized carbons (Fsp3) is 0.565. The van der Waals surface area contributed by atoms with E-state index in [2.05, 4.69) is 17.4 Å². The molecule has 2 unspecified atom stereocenters. The zero-order chi connectivity index (χ0) is 21.5. The molecule has 162 valence electrons. The number of β-amino-alcohol motifs (C(OH)–C–C–N with tert-alkyl or cyclic N) is 1. The molecule has 0 bridgehead atoms. The first kappa shape index (κ1) is 20.9. The summed E-state index contributed by atoms with van der Waals surface area (Å²) in [5.41, 5.74) is 9.98. The van der Waals surface area contributed by atoms with Crippen LogP contribution in [0.2, 0.25) is 0 Å². The number of amides is 1. The number of benzene rings is 1. The van der Waals surface area contributed by atoms with Crippen molar-refractivity contribution < 1.29 is 14.6 Å². The van der Waals surface area contributed by atoms with E-state index in [0.29, 0.717) is 37.7 Å². The van der Waals surface area contributed by atoms with Crippen LogP contribution in [-0.2, 0) is 4.74 Å². The molecule has 7 heteroatoms. The van der Waals surface area contributed by atoms with E-state index in [1.807, 2.05) is 32.9 Å². The van der Waals surface area contributed by atoms with Crippen LogP contribution in [0.5, 0.6) is 0 Å². The molecule has 1 aromatic carbocycles. The third-order valence-electron chi connectivity index (χ3n) is 5.79. The summed E-state index contributed by atoms with van der Waals surface area (Å²) in [5, 5.41) is 13.7. The van der Waals surface area contributed by atoms with E-state index in [9.17, 15) is 9.90 Å². The molecule has 0 spiro atoms. The SMILES string of the molecule is CC(C)(C)OC(=O)N1CCC(=Nc2ccc(C3CC3)cc2)C2=C(N)C(O)CNCC21. The monoisotopic (exact) mass is 412 g/mol. The van der Waals surface area contributed by atoms with Gasteiger partial charge in [-0.1, -0.05) is 12.1 Å². The Balaban J connectivity index is 1.65. The summed E-state index contributed by atoms with van der Waals surface area (Å²) < 4.78 is 5.62. The van der Waals surface area contributed by atoms with E-state index < -0.39 is 11.7 Å². The number of aliphatic imine (C=N–C) groups is 1. The predicted octanol–water partition coefficient (Wildman–Crippen LogP) is 2.82. The molecular weight excluding hydrogens is 380 g/mol. The summed E-state index contributed by atoms with van der Waals surface area (Å²) in [7, 11) is 0. The van der Waals surface area contributed by atoms with E-state index in [-0.39, 0.29) is 12.1 Å². The van der Waals surface area contributed by atoms with Gasteiger partial charge in [-0.15, -0.1) is 0 Å². The smallest absolute Gasteiger partial charge is 0.410 e. The van der Waals surface area contributed by atoms with E-state index in [1.165, 1.54) is 18.4 Å². The van der Waals surface area contributed by atoms with Crippen LogP contribution in [0.4, 0.5) is 10.5 Å². The molecule has 1 amide bonds. The molecule has 30 heavy (non-hydrogen) atoms. The van der Waals surface area contributed by atoms with Crippen LogP contribution < -0.4 is 11.1 Å². The van der Waals surface area contributed by atoms with Crippen molar-refractivity contribution in [3.05, 3.63) is 41.1 Å². The van der Waals surface area contributed by atoms with Crippen molar-refractivity contribution in [3.8, 4) is 0 Å². The minimum Gasteiger partial charge on any atom is -0.444 e. The van der Waals surface area contributed by atoms with Crippen molar-refractivity contribution in [1.29, 1.82) is 0 Å². The first-order valence-electron chi connectivity index (χ1n) is 10.8. The Hall–Kier alpha value is -2.38. The maximum atomic E-state index is 12.9. The third kappa shape index (κ3) is 4.52. The van der Waals surface area contributed by atoms with Crippen molar-refractivity contribution in [1.82, 2.24) is 10.2 Å². The Labute approximate surface area is 178 Å². The average molecular weight is 413 g/mol. The maximum Gasteiger partial charge on any atom is 0.410 e. The molecule has 2 aliphatic heterocycles. The van der Waals surface area contributed by atoms with Crippen LogP contribution in [0.3, 0.4) is 0 Å². The molecule has 4 rings (SSSR count). The molecule has 0 radical (unpaired) electrons. The van der Waals surface area contributed by atoms with E-state index in [0.717, 1.165) is 17.0 Å². The Bertz CT molecular complexity index is 865. The number of nitrogens with one attached hydrogen (secondary N) is 1. The standard InChI is InChI=1S/C23H32N4O3/c1-23(2,3)30-22(29)27-11-10-17(20-18(27)12-25-13-19(28)21(20)24)26-16-8-6-15(7-9-16)14-4-5-14/h6-9,14,18-19,25,28H,4-5,10-13,24H2,1-3H3. The lowest BCUT2D eigenvalue weighted by Crippen LogP contribution is -2.53. The summed E-state index contributed by atoms with van der Waals surface area (Å²) in [6, 6.07) is 8.04. The fourth-order valence-electron chi connectivity index (χ4n) is 4.13. The summed E-state index contributed by atoms with van der Waals surface area (Å²) in [4.78, 5) is 19.4. The van der Waals surface area contributed by atoms with Crippen LogP contribution >= 0.6 is 0 Å². The maximum absolute atomic E-state index is 12.9. The third-order valence-corrected chi connectivity index (χ3v) is 5.79. The lowest BCUT2D eigenvalue weighted by atomic mass is 9.91. The first-order valence-corrected chi connectivity index (χ1v) is 10.8.